The number of rotatable bonds is 3. The van der Waals surface area contributed by atoms with E-state index in [4.69, 9.17) is 4.74 Å². The third-order valence-electron chi connectivity index (χ3n) is 3.87. The number of fused-ring (bicyclic) bond motifs is 1. The Hall–Kier alpha value is -1.85. The monoisotopic (exact) mass is 443 g/mol. The Labute approximate surface area is 150 Å². The van der Waals surface area contributed by atoms with Crippen LogP contribution in [0.25, 0.3) is 0 Å². The van der Waals surface area contributed by atoms with Crippen molar-refractivity contribution in [2.45, 2.75) is 24.1 Å². The summed E-state index contributed by atoms with van der Waals surface area (Å²) in [6.45, 7) is 0. The number of aromatic nitrogens is 1. The second-order valence-electron chi connectivity index (χ2n) is 5.44. The minimum atomic E-state index is -5.41. The molecule has 0 saturated heterocycles. The standard InChI is InChI=1S/C15H8BrF6NO3/c16-9-5-6(3-4-23-9)26-8-2-1-7-11(10(8)12(17)18)14(24,25)15(21,22)13(7,19)20/h1-5,12,24-25H. The van der Waals surface area contributed by atoms with Crippen LogP contribution in [0.3, 0.4) is 0 Å². The molecule has 1 aromatic heterocycles. The molecular formula is C15H8BrF6NO3. The van der Waals surface area contributed by atoms with Gasteiger partial charge in [-0.2, -0.15) is 17.6 Å². The molecule has 0 atom stereocenters. The maximum absolute atomic E-state index is 13.9. The maximum Gasteiger partial charge on any atom is 0.371 e. The van der Waals surface area contributed by atoms with Gasteiger partial charge in [-0.1, -0.05) is 0 Å². The fraction of sp³-hybridized carbons (Fsp3) is 0.267. The number of benzene rings is 1. The lowest BCUT2D eigenvalue weighted by atomic mass is 9.98. The Morgan fingerprint density at radius 1 is 1.08 bits per heavy atom. The number of pyridine rings is 1. The predicted octanol–water partition coefficient (Wildman–Crippen LogP) is 4.45. The first-order valence-electron chi connectivity index (χ1n) is 6.87. The number of halogens is 7. The van der Waals surface area contributed by atoms with Gasteiger partial charge in [-0.25, -0.2) is 13.8 Å². The van der Waals surface area contributed by atoms with Crippen molar-refractivity contribution in [2.75, 3.05) is 0 Å². The first-order chi connectivity index (χ1) is 11.9. The van der Waals surface area contributed by atoms with Gasteiger partial charge in [-0.05, 0) is 34.1 Å². The molecule has 140 valence electrons. The lowest BCUT2D eigenvalue weighted by Crippen LogP contribution is -2.49. The van der Waals surface area contributed by atoms with Crippen LogP contribution in [0.1, 0.15) is 23.1 Å². The first kappa shape index (κ1) is 18.9. The zero-order chi connectivity index (χ0) is 19.5. The predicted molar refractivity (Wildman–Crippen MR) is 78.4 cm³/mol. The van der Waals surface area contributed by atoms with Crippen molar-refractivity contribution >= 4 is 15.9 Å². The Morgan fingerprint density at radius 3 is 2.31 bits per heavy atom. The lowest BCUT2D eigenvalue weighted by molar-refractivity contribution is -0.358. The fourth-order valence-corrected chi connectivity index (χ4v) is 3.01. The molecule has 4 nitrogen and oxygen atoms in total. The van der Waals surface area contributed by atoms with E-state index in [-0.39, 0.29) is 10.4 Å². The van der Waals surface area contributed by atoms with Gasteiger partial charge in [0.15, 0.2) is 0 Å². The van der Waals surface area contributed by atoms with Gasteiger partial charge in [0.05, 0.1) is 5.56 Å². The van der Waals surface area contributed by atoms with Crippen LogP contribution in [0.5, 0.6) is 11.5 Å². The molecular weight excluding hydrogens is 436 g/mol. The molecule has 0 saturated carbocycles. The van der Waals surface area contributed by atoms with Crippen LogP contribution in [0.2, 0.25) is 0 Å². The molecule has 0 bridgehead atoms. The Morgan fingerprint density at radius 2 is 1.73 bits per heavy atom. The van der Waals surface area contributed by atoms with Gasteiger partial charge in [0.2, 0.25) is 0 Å². The number of nitrogens with zero attached hydrogens (tertiary/aromatic N) is 1. The summed E-state index contributed by atoms with van der Waals surface area (Å²) >= 11 is 3.00. The van der Waals surface area contributed by atoms with E-state index in [1.165, 1.54) is 18.3 Å². The van der Waals surface area contributed by atoms with Crippen LogP contribution in [0, 0.1) is 0 Å². The normalized spacial score (nSPS) is 19.5. The van der Waals surface area contributed by atoms with E-state index >= 15 is 0 Å². The molecule has 1 heterocycles. The van der Waals surface area contributed by atoms with E-state index in [0.717, 1.165) is 0 Å². The highest BCUT2D eigenvalue weighted by molar-refractivity contribution is 9.10. The molecule has 0 fully saturated rings. The summed E-state index contributed by atoms with van der Waals surface area (Å²) in [5.74, 6) is -15.8. The lowest BCUT2D eigenvalue weighted by Gasteiger charge is -2.28. The number of ether oxygens (including phenoxy) is 1. The van der Waals surface area contributed by atoms with Crippen molar-refractivity contribution in [3.8, 4) is 11.5 Å². The second-order valence-corrected chi connectivity index (χ2v) is 6.25. The summed E-state index contributed by atoms with van der Waals surface area (Å²) in [5, 5.41) is 19.2. The molecule has 26 heavy (non-hydrogen) atoms. The van der Waals surface area contributed by atoms with Crippen LogP contribution in [0.4, 0.5) is 26.3 Å². The highest BCUT2D eigenvalue weighted by Gasteiger charge is 2.77. The summed E-state index contributed by atoms with van der Waals surface area (Å²) in [4.78, 5) is 3.77. The number of alkyl halides is 6. The van der Waals surface area contributed by atoms with E-state index in [2.05, 4.69) is 20.9 Å². The van der Waals surface area contributed by atoms with E-state index < -0.39 is 46.5 Å². The third kappa shape index (κ3) is 2.48. The van der Waals surface area contributed by atoms with Gasteiger partial charge in [0.25, 0.3) is 12.2 Å². The largest absolute Gasteiger partial charge is 0.457 e. The molecule has 2 N–H and O–H groups in total. The van der Waals surface area contributed by atoms with Crippen LogP contribution in [0.15, 0.2) is 35.1 Å². The SMILES string of the molecule is OC1(O)c2c(ccc(Oc3ccnc(Br)c3)c2C(F)F)C(F)(F)C1(F)F. The van der Waals surface area contributed by atoms with Crippen molar-refractivity contribution in [3.63, 3.8) is 0 Å². The number of hydrogen-bond acceptors (Lipinski definition) is 4. The molecule has 2 aromatic rings. The molecule has 0 spiro atoms. The van der Waals surface area contributed by atoms with E-state index in [1.807, 2.05) is 0 Å². The van der Waals surface area contributed by atoms with Gasteiger partial charge in [0.1, 0.15) is 16.1 Å². The van der Waals surface area contributed by atoms with Crippen molar-refractivity contribution in [2.24, 2.45) is 0 Å². The summed E-state index contributed by atoms with van der Waals surface area (Å²) in [6, 6.07) is 3.52. The fourth-order valence-electron chi connectivity index (χ4n) is 2.66. The summed E-state index contributed by atoms with van der Waals surface area (Å²) in [5.41, 5.74) is -4.74. The van der Waals surface area contributed by atoms with E-state index in [0.29, 0.717) is 12.1 Å². The van der Waals surface area contributed by atoms with Crippen molar-refractivity contribution in [1.82, 2.24) is 4.98 Å². The highest BCUT2D eigenvalue weighted by atomic mass is 79.9. The summed E-state index contributed by atoms with van der Waals surface area (Å²) in [6.07, 6.45) is -2.37. The maximum atomic E-state index is 13.9. The molecule has 0 amide bonds. The Kier molecular flexibility index (Phi) is 4.24. The number of aliphatic hydroxyl groups is 2. The molecule has 0 aliphatic heterocycles. The zero-order valence-electron chi connectivity index (χ0n) is 12.4. The third-order valence-corrected chi connectivity index (χ3v) is 4.30. The quantitative estimate of drug-likeness (QED) is 0.417. The average molecular weight is 444 g/mol. The van der Waals surface area contributed by atoms with Gasteiger partial charge < -0.3 is 14.9 Å². The minimum absolute atomic E-state index is 0.0632. The second kappa shape index (κ2) is 5.83. The molecule has 1 aliphatic rings. The highest BCUT2D eigenvalue weighted by Crippen LogP contribution is 2.62. The minimum Gasteiger partial charge on any atom is -0.457 e. The zero-order valence-corrected chi connectivity index (χ0v) is 13.9. The summed E-state index contributed by atoms with van der Waals surface area (Å²) in [7, 11) is 0. The first-order valence-corrected chi connectivity index (χ1v) is 7.66. The van der Waals surface area contributed by atoms with E-state index in [1.54, 1.807) is 0 Å². The van der Waals surface area contributed by atoms with Crippen molar-refractivity contribution in [1.29, 1.82) is 0 Å². The van der Waals surface area contributed by atoms with E-state index in [9.17, 15) is 36.6 Å². The van der Waals surface area contributed by atoms with Crippen LogP contribution in [-0.4, -0.2) is 21.1 Å². The van der Waals surface area contributed by atoms with Gasteiger partial charge in [0, 0.05) is 23.4 Å². The average Bonchev–Trinajstić information content (AvgIpc) is 2.63. The molecule has 3 rings (SSSR count). The van der Waals surface area contributed by atoms with Crippen LogP contribution < -0.4 is 4.74 Å². The van der Waals surface area contributed by atoms with Gasteiger partial charge >= 0.3 is 11.8 Å². The summed E-state index contributed by atoms with van der Waals surface area (Å²) < 4.78 is 87.8. The molecule has 0 unspecified atom stereocenters. The topological polar surface area (TPSA) is 62.6 Å². The number of hydrogen-bond donors (Lipinski definition) is 2. The molecule has 11 heteroatoms. The van der Waals surface area contributed by atoms with Crippen molar-refractivity contribution < 1.29 is 41.3 Å². The Balaban J connectivity index is 2.23. The molecule has 0 radical (unpaired) electrons. The van der Waals surface area contributed by atoms with Crippen LogP contribution >= 0.6 is 15.9 Å². The molecule has 1 aliphatic carbocycles. The van der Waals surface area contributed by atoms with Crippen LogP contribution in [-0.2, 0) is 11.7 Å². The van der Waals surface area contributed by atoms with Gasteiger partial charge in [-0.3, -0.25) is 0 Å². The smallest absolute Gasteiger partial charge is 0.371 e. The Bertz CT molecular complexity index is 874. The van der Waals surface area contributed by atoms with Gasteiger partial charge in [-0.15, -0.1) is 0 Å². The van der Waals surface area contributed by atoms with Crippen molar-refractivity contribution in [3.05, 3.63) is 51.8 Å². The molecule has 1 aromatic carbocycles.